The van der Waals surface area contributed by atoms with Crippen LogP contribution in [0.4, 0.5) is 5.69 Å². The van der Waals surface area contributed by atoms with E-state index in [9.17, 15) is 5.21 Å². The smallest absolute Gasteiger partial charge is 0.242 e. The fourth-order valence-electron chi connectivity index (χ4n) is 3.10. The van der Waals surface area contributed by atoms with E-state index in [1.165, 1.54) is 5.06 Å². The molecule has 3 aromatic rings. The lowest BCUT2D eigenvalue weighted by molar-refractivity contribution is -0.174. The number of aromatic nitrogens is 3. The maximum atomic E-state index is 9.66. The molecular formula is C20H23N5O3. The Bertz CT molecular complexity index is 948. The number of rotatable bonds is 5. The van der Waals surface area contributed by atoms with Gasteiger partial charge < -0.3 is 19.6 Å². The van der Waals surface area contributed by atoms with Gasteiger partial charge in [0.1, 0.15) is 12.7 Å². The molecule has 1 N–H and O–H groups in total. The summed E-state index contributed by atoms with van der Waals surface area (Å²) in [6, 6.07) is 10.1. The summed E-state index contributed by atoms with van der Waals surface area (Å²) in [6.07, 6.45) is 3.05. The van der Waals surface area contributed by atoms with Gasteiger partial charge in [-0.1, -0.05) is 12.1 Å². The van der Waals surface area contributed by atoms with Gasteiger partial charge in [-0.2, -0.15) is 5.06 Å². The first-order valence-electron chi connectivity index (χ1n) is 9.18. The maximum absolute atomic E-state index is 9.66. The van der Waals surface area contributed by atoms with Crippen molar-refractivity contribution in [3.05, 3.63) is 42.7 Å². The van der Waals surface area contributed by atoms with Crippen LogP contribution in [0.2, 0.25) is 0 Å². The molecule has 146 valence electrons. The van der Waals surface area contributed by atoms with Gasteiger partial charge in [0.05, 0.1) is 24.4 Å². The summed E-state index contributed by atoms with van der Waals surface area (Å²) in [7, 11) is 4.01. The minimum Gasteiger partial charge on any atom is -0.473 e. The summed E-state index contributed by atoms with van der Waals surface area (Å²) < 4.78 is 11.6. The van der Waals surface area contributed by atoms with Gasteiger partial charge in [-0.25, -0.2) is 9.97 Å². The number of hydroxylamine groups is 2. The van der Waals surface area contributed by atoms with Gasteiger partial charge in [-0.15, -0.1) is 0 Å². The van der Waals surface area contributed by atoms with Gasteiger partial charge >= 0.3 is 0 Å². The highest BCUT2D eigenvalue weighted by Gasteiger charge is 2.21. The van der Waals surface area contributed by atoms with Gasteiger partial charge in [0.15, 0.2) is 5.52 Å². The Hall–Kier alpha value is -2.81. The van der Waals surface area contributed by atoms with E-state index in [0.717, 1.165) is 16.9 Å². The van der Waals surface area contributed by atoms with Crippen LogP contribution in [0.3, 0.4) is 0 Å². The molecule has 0 unspecified atom stereocenters. The zero-order valence-electron chi connectivity index (χ0n) is 15.9. The molecule has 8 heteroatoms. The van der Waals surface area contributed by atoms with Crippen LogP contribution in [0.1, 0.15) is 0 Å². The molecule has 1 aliphatic heterocycles. The molecule has 1 saturated heterocycles. The molecule has 4 rings (SSSR count). The summed E-state index contributed by atoms with van der Waals surface area (Å²) in [4.78, 5) is 15.5. The monoisotopic (exact) mass is 381 g/mol. The predicted molar refractivity (Wildman–Crippen MR) is 106 cm³/mol. The van der Waals surface area contributed by atoms with Crippen LogP contribution in [-0.2, 0) is 4.74 Å². The fourth-order valence-corrected chi connectivity index (χ4v) is 3.10. The maximum Gasteiger partial charge on any atom is 0.242 e. The van der Waals surface area contributed by atoms with E-state index < -0.39 is 0 Å². The molecule has 0 spiro atoms. The Labute approximate surface area is 163 Å². The number of anilines is 1. The summed E-state index contributed by atoms with van der Waals surface area (Å²) >= 11 is 0. The van der Waals surface area contributed by atoms with Gasteiger partial charge in [-0.05, 0) is 18.2 Å². The van der Waals surface area contributed by atoms with Crippen molar-refractivity contribution in [2.24, 2.45) is 0 Å². The molecule has 3 heterocycles. The molecule has 0 bridgehead atoms. The van der Waals surface area contributed by atoms with E-state index in [1.54, 1.807) is 12.4 Å². The molecule has 1 fully saturated rings. The number of benzene rings is 1. The van der Waals surface area contributed by atoms with Gasteiger partial charge in [0, 0.05) is 44.3 Å². The predicted octanol–water partition coefficient (Wildman–Crippen LogP) is 2.23. The van der Waals surface area contributed by atoms with Crippen molar-refractivity contribution in [1.29, 1.82) is 0 Å². The fraction of sp³-hybridized carbons (Fsp3) is 0.350. The average molecular weight is 381 g/mol. The van der Waals surface area contributed by atoms with E-state index in [0.29, 0.717) is 36.6 Å². The second-order valence-electron chi connectivity index (χ2n) is 6.89. The van der Waals surface area contributed by atoms with Crippen molar-refractivity contribution in [2.75, 3.05) is 45.3 Å². The van der Waals surface area contributed by atoms with Crippen LogP contribution < -0.4 is 9.64 Å². The molecule has 0 aliphatic carbocycles. The number of morpholine rings is 1. The zero-order valence-corrected chi connectivity index (χ0v) is 15.9. The minimum atomic E-state index is -0.227. The second-order valence-corrected chi connectivity index (χ2v) is 6.89. The number of pyridine rings is 1. The lowest BCUT2D eigenvalue weighted by Gasteiger charge is -2.28. The third-order valence-corrected chi connectivity index (χ3v) is 4.63. The first kappa shape index (κ1) is 18.5. The lowest BCUT2D eigenvalue weighted by atomic mass is 10.1. The second kappa shape index (κ2) is 8.05. The Morgan fingerprint density at radius 2 is 2.00 bits per heavy atom. The minimum absolute atomic E-state index is 0.227. The molecule has 0 radical (unpaired) electrons. The topological polar surface area (TPSA) is 83.8 Å². The molecule has 0 amide bonds. The Morgan fingerprint density at radius 3 is 2.75 bits per heavy atom. The average Bonchev–Trinajstić information content (AvgIpc) is 2.72. The molecule has 28 heavy (non-hydrogen) atoms. The van der Waals surface area contributed by atoms with Crippen LogP contribution >= 0.6 is 0 Å². The number of hydrogen-bond acceptors (Lipinski definition) is 8. The van der Waals surface area contributed by atoms with E-state index >= 15 is 0 Å². The highest BCUT2D eigenvalue weighted by Crippen LogP contribution is 2.28. The number of nitrogens with zero attached hydrogens (tertiary/aromatic N) is 5. The van der Waals surface area contributed by atoms with Crippen LogP contribution in [-0.4, -0.2) is 71.7 Å². The largest absolute Gasteiger partial charge is 0.473 e. The molecule has 8 nitrogen and oxygen atoms in total. The summed E-state index contributed by atoms with van der Waals surface area (Å²) in [6.45, 7) is 1.65. The summed E-state index contributed by atoms with van der Waals surface area (Å²) in [5.41, 5.74) is 4.17. The SMILES string of the molecule is CN(C)c1ccc(-c2cc3nccnc3c(OC[C@@H]3CN(O)CCO3)n2)cc1. The van der Waals surface area contributed by atoms with Crippen molar-refractivity contribution in [3.8, 4) is 17.1 Å². The third kappa shape index (κ3) is 4.04. The molecular weight excluding hydrogens is 358 g/mol. The van der Waals surface area contributed by atoms with Crippen molar-refractivity contribution >= 4 is 16.7 Å². The van der Waals surface area contributed by atoms with Crippen molar-refractivity contribution in [1.82, 2.24) is 20.0 Å². The van der Waals surface area contributed by atoms with Crippen LogP contribution in [0, 0.1) is 0 Å². The first-order chi connectivity index (χ1) is 13.6. The Kier molecular flexibility index (Phi) is 5.34. The van der Waals surface area contributed by atoms with E-state index in [4.69, 9.17) is 9.47 Å². The van der Waals surface area contributed by atoms with Gasteiger partial charge in [0.25, 0.3) is 0 Å². The van der Waals surface area contributed by atoms with Gasteiger partial charge in [0.2, 0.25) is 5.88 Å². The first-order valence-corrected chi connectivity index (χ1v) is 9.18. The normalized spacial score (nSPS) is 17.6. The van der Waals surface area contributed by atoms with Crippen molar-refractivity contribution in [3.63, 3.8) is 0 Å². The zero-order chi connectivity index (χ0) is 19.5. The number of ether oxygens (including phenoxy) is 2. The molecule has 2 aromatic heterocycles. The van der Waals surface area contributed by atoms with Crippen molar-refractivity contribution < 1.29 is 14.7 Å². The molecule has 1 atom stereocenters. The summed E-state index contributed by atoms with van der Waals surface area (Å²) in [5.74, 6) is 0.413. The molecule has 1 aromatic carbocycles. The number of fused-ring (bicyclic) bond motifs is 1. The van der Waals surface area contributed by atoms with Gasteiger partial charge in [-0.3, -0.25) is 4.98 Å². The summed E-state index contributed by atoms with van der Waals surface area (Å²) in [5, 5.41) is 10.9. The van der Waals surface area contributed by atoms with Crippen molar-refractivity contribution in [2.45, 2.75) is 6.10 Å². The van der Waals surface area contributed by atoms with E-state index in [2.05, 4.69) is 15.0 Å². The van der Waals surface area contributed by atoms with Crippen LogP contribution in [0.15, 0.2) is 42.7 Å². The Morgan fingerprint density at radius 1 is 1.21 bits per heavy atom. The highest BCUT2D eigenvalue weighted by molar-refractivity contribution is 5.83. The Balaban J connectivity index is 1.63. The standard InChI is InChI=1S/C20H23N5O3/c1-24(2)15-5-3-14(4-6-15)17-11-18-19(22-8-7-21-18)20(23-17)28-13-16-12-25(26)9-10-27-16/h3-8,11,16,26H,9-10,12-13H2,1-2H3/t16-/m0/s1. The molecule has 0 saturated carbocycles. The van der Waals surface area contributed by atoms with E-state index in [1.807, 2.05) is 49.3 Å². The molecule has 1 aliphatic rings. The number of hydrogen-bond donors (Lipinski definition) is 1. The van der Waals surface area contributed by atoms with Crippen LogP contribution in [0.25, 0.3) is 22.3 Å². The van der Waals surface area contributed by atoms with E-state index in [-0.39, 0.29) is 12.7 Å². The third-order valence-electron chi connectivity index (χ3n) is 4.63. The highest BCUT2D eigenvalue weighted by atomic mass is 16.6. The lowest BCUT2D eigenvalue weighted by Crippen LogP contribution is -2.43. The van der Waals surface area contributed by atoms with Crippen LogP contribution in [0.5, 0.6) is 5.88 Å². The quantitative estimate of drug-likeness (QED) is 0.720.